The quantitative estimate of drug-likeness (QED) is 0.801. The van der Waals surface area contributed by atoms with Gasteiger partial charge in [0.2, 0.25) is 0 Å². The molecule has 0 saturated carbocycles. The maximum absolute atomic E-state index is 13.1. The Morgan fingerprint density at radius 1 is 1.44 bits per heavy atom. The maximum atomic E-state index is 13.1. The normalized spacial score (nSPS) is 26.4. The standard InChI is InChI=1S/C12H14FN3O2/c13-7-3-10(11(14)15-4-7)12(17)16-5-8-1-2-9(6-16)18-8/h3-4,8-9H,1-2,5-6H2,(H2,14,15). The zero-order chi connectivity index (χ0) is 12.7. The van der Waals surface area contributed by atoms with Gasteiger partial charge in [-0.15, -0.1) is 0 Å². The van der Waals surface area contributed by atoms with Crippen LogP contribution in [0.1, 0.15) is 23.2 Å². The minimum Gasteiger partial charge on any atom is -0.383 e. The predicted molar refractivity (Wildman–Crippen MR) is 62.4 cm³/mol. The first-order chi connectivity index (χ1) is 8.63. The van der Waals surface area contributed by atoms with E-state index in [4.69, 9.17) is 10.5 Å². The number of nitrogens with zero attached hydrogens (tertiary/aromatic N) is 2. The molecule has 1 amide bonds. The van der Waals surface area contributed by atoms with E-state index in [9.17, 15) is 9.18 Å². The summed E-state index contributed by atoms with van der Waals surface area (Å²) in [6.07, 6.45) is 3.18. The van der Waals surface area contributed by atoms with Crippen LogP contribution in [0.15, 0.2) is 12.3 Å². The number of carbonyl (C=O) groups excluding carboxylic acids is 1. The van der Waals surface area contributed by atoms with E-state index < -0.39 is 5.82 Å². The van der Waals surface area contributed by atoms with Crippen LogP contribution in [-0.2, 0) is 4.74 Å². The first kappa shape index (κ1) is 11.4. The monoisotopic (exact) mass is 251 g/mol. The van der Waals surface area contributed by atoms with Gasteiger partial charge in [-0.3, -0.25) is 4.79 Å². The number of pyridine rings is 1. The molecule has 0 aromatic carbocycles. The highest BCUT2D eigenvalue weighted by molar-refractivity contribution is 5.98. The largest absolute Gasteiger partial charge is 0.383 e. The van der Waals surface area contributed by atoms with Crippen molar-refractivity contribution in [2.75, 3.05) is 18.8 Å². The number of aromatic nitrogens is 1. The summed E-state index contributed by atoms with van der Waals surface area (Å²) in [5.74, 6) is -0.747. The molecule has 1 aromatic heterocycles. The van der Waals surface area contributed by atoms with Crippen molar-refractivity contribution in [2.24, 2.45) is 0 Å². The van der Waals surface area contributed by atoms with Gasteiger partial charge in [0.05, 0.1) is 24.0 Å². The fraction of sp³-hybridized carbons (Fsp3) is 0.500. The van der Waals surface area contributed by atoms with Crippen LogP contribution in [0.25, 0.3) is 0 Å². The average molecular weight is 251 g/mol. The van der Waals surface area contributed by atoms with Gasteiger partial charge in [0.25, 0.3) is 5.91 Å². The molecule has 1 aromatic rings. The molecule has 18 heavy (non-hydrogen) atoms. The fourth-order valence-corrected chi connectivity index (χ4v) is 2.57. The second kappa shape index (κ2) is 4.20. The first-order valence-corrected chi connectivity index (χ1v) is 5.99. The van der Waals surface area contributed by atoms with Crippen molar-refractivity contribution in [2.45, 2.75) is 25.0 Å². The number of ether oxygens (including phenoxy) is 1. The molecule has 2 bridgehead atoms. The molecule has 3 rings (SSSR count). The van der Waals surface area contributed by atoms with Crippen LogP contribution >= 0.6 is 0 Å². The Balaban J connectivity index is 1.84. The van der Waals surface area contributed by atoms with Gasteiger partial charge in [-0.2, -0.15) is 0 Å². The Kier molecular flexibility index (Phi) is 2.66. The molecule has 2 saturated heterocycles. The average Bonchev–Trinajstić information content (AvgIpc) is 2.70. The molecule has 0 aliphatic carbocycles. The molecule has 2 N–H and O–H groups in total. The second-order valence-electron chi connectivity index (χ2n) is 4.75. The molecule has 5 nitrogen and oxygen atoms in total. The summed E-state index contributed by atoms with van der Waals surface area (Å²) in [5.41, 5.74) is 5.76. The highest BCUT2D eigenvalue weighted by atomic mass is 19.1. The van der Waals surface area contributed by atoms with E-state index in [0.29, 0.717) is 13.1 Å². The second-order valence-corrected chi connectivity index (χ2v) is 4.75. The Morgan fingerprint density at radius 3 is 2.78 bits per heavy atom. The number of anilines is 1. The topological polar surface area (TPSA) is 68.5 Å². The van der Waals surface area contributed by atoms with Gasteiger partial charge in [-0.05, 0) is 18.9 Å². The molecular weight excluding hydrogens is 237 g/mol. The van der Waals surface area contributed by atoms with Gasteiger partial charge in [-0.1, -0.05) is 0 Å². The lowest BCUT2D eigenvalue weighted by Gasteiger charge is -2.32. The number of likely N-dealkylation sites (tertiary alicyclic amines) is 1. The Labute approximate surface area is 104 Å². The van der Waals surface area contributed by atoms with E-state index in [0.717, 1.165) is 25.1 Å². The molecule has 6 heteroatoms. The van der Waals surface area contributed by atoms with Crippen molar-refractivity contribution in [1.82, 2.24) is 9.88 Å². The third-order valence-corrected chi connectivity index (χ3v) is 3.45. The summed E-state index contributed by atoms with van der Waals surface area (Å²) < 4.78 is 18.8. The molecule has 2 aliphatic heterocycles. The summed E-state index contributed by atoms with van der Waals surface area (Å²) in [7, 11) is 0. The number of carbonyl (C=O) groups is 1. The summed E-state index contributed by atoms with van der Waals surface area (Å²) >= 11 is 0. The molecule has 0 radical (unpaired) electrons. The minimum atomic E-state index is -0.552. The van der Waals surface area contributed by atoms with Crippen molar-refractivity contribution in [3.8, 4) is 0 Å². The molecular formula is C12H14FN3O2. The van der Waals surface area contributed by atoms with E-state index >= 15 is 0 Å². The number of hydrogen-bond donors (Lipinski definition) is 1. The van der Waals surface area contributed by atoms with Crippen molar-refractivity contribution in [3.63, 3.8) is 0 Å². The number of halogens is 1. The molecule has 3 heterocycles. The van der Waals surface area contributed by atoms with Gasteiger partial charge in [0.1, 0.15) is 11.6 Å². The van der Waals surface area contributed by atoms with E-state index in [1.165, 1.54) is 0 Å². The maximum Gasteiger partial charge on any atom is 0.257 e. The smallest absolute Gasteiger partial charge is 0.257 e. The molecule has 2 aliphatic rings. The van der Waals surface area contributed by atoms with Gasteiger partial charge in [-0.25, -0.2) is 9.37 Å². The molecule has 2 atom stereocenters. The SMILES string of the molecule is Nc1ncc(F)cc1C(=O)N1CC2CCC(C1)O2. The number of hydrogen-bond acceptors (Lipinski definition) is 4. The number of fused-ring (bicyclic) bond motifs is 2. The van der Waals surface area contributed by atoms with Crippen LogP contribution in [-0.4, -0.2) is 41.1 Å². The fourth-order valence-electron chi connectivity index (χ4n) is 2.57. The highest BCUT2D eigenvalue weighted by Crippen LogP contribution is 2.27. The summed E-state index contributed by atoms with van der Waals surface area (Å²) in [6.45, 7) is 1.09. The summed E-state index contributed by atoms with van der Waals surface area (Å²) in [6, 6.07) is 1.14. The molecule has 2 fully saturated rings. The van der Waals surface area contributed by atoms with E-state index in [1.807, 2.05) is 0 Å². The van der Waals surface area contributed by atoms with Crippen LogP contribution in [0.2, 0.25) is 0 Å². The number of nitrogen functional groups attached to an aromatic ring is 1. The Bertz CT molecular complexity index is 482. The minimum absolute atomic E-state index is 0.0697. The summed E-state index contributed by atoms with van der Waals surface area (Å²) in [5, 5.41) is 0. The van der Waals surface area contributed by atoms with Crippen molar-refractivity contribution >= 4 is 11.7 Å². The molecule has 96 valence electrons. The van der Waals surface area contributed by atoms with E-state index in [2.05, 4.69) is 4.98 Å². The van der Waals surface area contributed by atoms with Crippen LogP contribution in [0.4, 0.5) is 10.2 Å². The van der Waals surface area contributed by atoms with Gasteiger partial charge >= 0.3 is 0 Å². The zero-order valence-corrected chi connectivity index (χ0v) is 9.80. The third kappa shape index (κ3) is 1.92. The van der Waals surface area contributed by atoms with Gasteiger partial charge in [0.15, 0.2) is 0 Å². The Hall–Kier alpha value is -1.69. The van der Waals surface area contributed by atoms with Crippen LogP contribution < -0.4 is 5.73 Å². The first-order valence-electron chi connectivity index (χ1n) is 5.99. The third-order valence-electron chi connectivity index (χ3n) is 3.45. The highest BCUT2D eigenvalue weighted by Gasteiger charge is 2.36. The zero-order valence-electron chi connectivity index (χ0n) is 9.80. The number of nitrogens with two attached hydrogens (primary N) is 1. The number of morpholine rings is 1. The number of rotatable bonds is 1. The lowest BCUT2D eigenvalue weighted by molar-refractivity contribution is -0.0303. The Morgan fingerprint density at radius 2 is 2.11 bits per heavy atom. The lowest BCUT2D eigenvalue weighted by atomic mass is 10.2. The van der Waals surface area contributed by atoms with Crippen LogP contribution in [0.3, 0.4) is 0 Å². The molecule has 0 spiro atoms. The lowest BCUT2D eigenvalue weighted by Crippen LogP contribution is -2.46. The van der Waals surface area contributed by atoms with Crippen LogP contribution in [0, 0.1) is 5.82 Å². The van der Waals surface area contributed by atoms with Crippen molar-refractivity contribution in [3.05, 3.63) is 23.6 Å². The van der Waals surface area contributed by atoms with Crippen molar-refractivity contribution in [1.29, 1.82) is 0 Å². The van der Waals surface area contributed by atoms with Gasteiger partial charge < -0.3 is 15.4 Å². The van der Waals surface area contributed by atoms with E-state index in [1.54, 1.807) is 4.90 Å². The van der Waals surface area contributed by atoms with Gasteiger partial charge in [0, 0.05) is 13.1 Å². The van der Waals surface area contributed by atoms with Crippen molar-refractivity contribution < 1.29 is 13.9 Å². The summed E-state index contributed by atoms with van der Waals surface area (Å²) in [4.78, 5) is 17.6. The molecule has 2 unspecified atom stereocenters. The predicted octanol–water partition coefficient (Wildman–Crippen LogP) is 0.806. The van der Waals surface area contributed by atoms with E-state index in [-0.39, 0.29) is 29.5 Å². The number of amides is 1. The van der Waals surface area contributed by atoms with Crippen LogP contribution in [0.5, 0.6) is 0 Å².